The van der Waals surface area contributed by atoms with Crippen LogP contribution in [0.3, 0.4) is 0 Å². The number of aromatic amines is 1. The number of fused-ring (bicyclic) bond motifs is 1. The van der Waals surface area contributed by atoms with Gasteiger partial charge >= 0.3 is 0 Å². The van der Waals surface area contributed by atoms with Gasteiger partial charge in [0, 0.05) is 27.1 Å². The van der Waals surface area contributed by atoms with Crippen LogP contribution in [0.1, 0.15) is 30.6 Å². The molecule has 0 amide bonds. The molecule has 0 aliphatic rings. The van der Waals surface area contributed by atoms with E-state index in [1.807, 2.05) is 32.0 Å². The lowest BCUT2D eigenvalue weighted by molar-refractivity contribution is 0.0943. The lowest BCUT2D eigenvalue weighted by Crippen LogP contribution is -2.35. The van der Waals surface area contributed by atoms with Crippen molar-refractivity contribution in [3.63, 3.8) is 0 Å². The van der Waals surface area contributed by atoms with E-state index < -0.39 is 0 Å². The van der Waals surface area contributed by atoms with Crippen molar-refractivity contribution < 1.29 is 4.79 Å². The Morgan fingerprint density at radius 1 is 1.44 bits per heavy atom. The van der Waals surface area contributed by atoms with Crippen LogP contribution in [0.4, 0.5) is 0 Å². The number of hydrogen-bond donors (Lipinski definition) is 2. The third kappa shape index (κ3) is 2.49. The quantitative estimate of drug-likeness (QED) is 0.830. The molecule has 2 N–H and O–H groups in total. The van der Waals surface area contributed by atoms with Gasteiger partial charge in [0.1, 0.15) is 0 Å². The Morgan fingerprint density at radius 3 is 2.89 bits per heavy atom. The van der Waals surface area contributed by atoms with Gasteiger partial charge in [-0.3, -0.25) is 4.79 Å². The van der Waals surface area contributed by atoms with Gasteiger partial charge in [-0.15, -0.1) is 0 Å². The van der Waals surface area contributed by atoms with Crippen molar-refractivity contribution >= 4 is 32.6 Å². The van der Waals surface area contributed by atoms with Gasteiger partial charge in [0.15, 0.2) is 5.78 Å². The second-order valence-electron chi connectivity index (χ2n) is 4.28. The Bertz CT molecular complexity index is 562. The number of Topliss-reactive ketones (excluding diaryl/α,β-unsaturated/α-hetero) is 1. The predicted octanol–water partition coefficient (Wildman–Crippen LogP) is 3.50. The van der Waals surface area contributed by atoms with Gasteiger partial charge in [0.05, 0.1) is 6.04 Å². The summed E-state index contributed by atoms with van der Waals surface area (Å²) >= 11 is 3.43. The zero-order valence-electron chi connectivity index (χ0n) is 10.6. The van der Waals surface area contributed by atoms with Gasteiger partial charge in [-0.05, 0) is 25.1 Å². The van der Waals surface area contributed by atoms with Crippen LogP contribution in [0.5, 0.6) is 0 Å². The normalized spacial score (nSPS) is 12.8. The van der Waals surface area contributed by atoms with E-state index in [0.717, 1.165) is 33.9 Å². The number of nitrogens with one attached hydrogen (secondary N) is 2. The largest absolute Gasteiger partial charge is 0.360 e. The summed E-state index contributed by atoms with van der Waals surface area (Å²) in [7, 11) is 0. The molecule has 1 unspecified atom stereocenters. The molecule has 1 heterocycles. The summed E-state index contributed by atoms with van der Waals surface area (Å²) in [5.74, 6) is 0.160. The van der Waals surface area contributed by atoms with Crippen LogP contribution < -0.4 is 5.32 Å². The summed E-state index contributed by atoms with van der Waals surface area (Å²) in [6.45, 7) is 4.84. The maximum Gasteiger partial charge on any atom is 0.181 e. The van der Waals surface area contributed by atoms with E-state index in [2.05, 4.69) is 26.2 Å². The Kier molecular flexibility index (Phi) is 4.19. The van der Waals surface area contributed by atoms with Gasteiger partial charge in [-0.2, -0.15) is 0 Å². The first-order valence-electron chi connectivity index (χ1n) is 6.21. The molecule has 96 valence electrons. The minimum absolute atomic E-state index is 0.0994. The monoisotopic (exact) mass is 308 g/mol. The molecule has 0 radical (unpaired) electrons. The number of carbonyl (C=O) groups is 1. The zero-order chi connectivity index (χ0) is 13.1. The van der Waals surface area contributed by atoms with Gasteiger partial charge in [-0.1, -0.05) is 35.8 Å². The molecule has 1 aromatic carbocycles. The van der Waals surface area contributed by atoms with Crippen molar-refractivity contribution in [1.82, 2.24) is 10.3 Å². The van der Waals surface area contributed by atoms with Crippen LogP contribution in [-0.4, -0.2) is 23.4 Å². The minimum Gasteiger partial charge on any atom is -0.360 e. The average molecular weight is 309 g/mol. The number of H-pyrrole nitrogens is 1. The minimum atomic E-state index is -0.0994. The fourth-order valence-corrected chi connectivity index (χ4v) is 2.52. The number of likely N-dealkylation sites (N-methyl/N-ethyl adjacent to an activating group) is 1. The molecule has 0 saturated heterocycles. The van der Waals surface area contributed by atoms with Gasteiger partial charge < -0.3 is 10.3 Å². The molecule has 3 nitrogen and oxygen atoms in total. The molecule has 18 heavy (non-hydrogen) atoms. The summed E-state index contributed by atoms with van der Waals surface area (Å²) in [6.07, 6.45) is 2.61. The highest BCUT2D eigenvalue weighted by Crippen LogP contribution is 2.23. The van der Waals surface area contributed by atoms with E-state index in [1.54, 1.807) is 6.20 Å². The zero-order valence-corrected chi connectivity index (χ0v) is 12.2. The number of ketones is 1. The molecule has 2 aromatic rings. The van der Waals surface area contributed by atoms with E-state index in [1.165, 1.54) is 0 Å². The highest BCUT2D eigenvalue weighted by atomic mass is 79.9. The Hall–Kier alpha value is -1.13. The summed E-state index contributed by atoms with van der Waals surface area (Å²) in [6, 6.07) is 5.82. The molecule has 1 atom stereocenters. The third-order valence-electron chi connectivity index (χ3n) is 3.08. The Labute approximate surface area is 115 Å². The molecular formula is C14H17BrN2O. The molecule has 4 heteroatoms. The fraction of sp³-hybridized carbons (Fsp3) is 0.357. The Morgan fingerprint density at radius 2 is 2.22 bits per heavy atom. The molecule has 0 aliphatic heterocycles. The molecule has 0 bridgehead atoms. The summed E-state index contributed by atoms with van der Waals surface area (Å²) < 4.78 is 1.01. The molecule has 1 aromatic heterocycles. The summed E-state index contributed by atoms with van der Waals surface area (Å²) in [4.78, 5) is 15.6. The third-order valence-corrected chi connectivity index (χ3v) is 3.58. The van der Waals surface area contributed by atoms with Crippen molar-refractivity contribution in [2.24, 2.45) is 0 Å². The maximum absolute atomic E-state index is 12.4. The number of benzene rings is 1. The first-order valence-corrected chi connectivity index (χ1v) is 7.00. The number of halogens is 1. The lowest BCUT2D eigenvalue weighted by atomic mass is 10.0. The summed E-state index contributed by atoms with van der Waals surface area (Å²) in [5, 5.41) is 4.21. The molecular weight excluding hydrogens is 292 g/mol. The highest BCUT2D eigenvalue weighted by molar-refractivity contribution is 9.10. The lowest BCUT2D eigenvalue weighted by Gasteiger charge is -2.13. The molecule has 0 saturated carbocycles. The van der Waals surface area contributed by atoms with E-state index in [9.17, 15) is 4.79 Å². The number of carbonyl (C=O) groups excluding carboxylic acids is 1. The molecule has 0 fully saturated rings. The van der Waals surface area contributed by atoms with Crippen LogP contribution in [0, 0.1) is 0 Å². The van der Waals surface area contributed by atoms with Crippen molar-refractivity contribution in [2.75, 3.05) is 6.54 Å². The Balaban J connectivity index is 2.38. The number of rotatable bonds is 5. The second kappa shape index (κ2) is 5.67. The predicted molar refractivity (Wildman–Crippen MR) is 78.1 cm³/mol. The van der Waals surface area contributed by atoms with Gasteiger partial charge in [0.25, 0.3) is 0 Å². The summed E-state index contributed by atoms with van der Waals surface area (Å²) in [5.41, 5.74) is 1.75. The number of aromatic nitrogens is 1. The van der Waals surface area contributed by atoms with Crippen LogP contribution in [0.2, 0.25) is 0 Å². The van der Waals surface area contributed by atoms with Crippen molar-refractivity contribution in [3.8, 4) is 0 Å². The van der Waals surface area contributed by atoms with Crippen molar-refractivity contribution in [2.45, 2.75) is 26.3 Å². The topological polar surface area (TPSA) is 44.9 Å². The van der Waals surface area contributed by atoms with E-state index in [-0.39, 0.29) is 11.8 Å². The molecule has 2 rings (SSSR count). The second-order valence-corrected chi connectivity index (χ2v) is 5.19. The smallest absolute Gasteiger partial charge is 0.181 e. The van der Waals surface area contributed by atoms with Gasteiger partial charge in [-0.25, -0.2) is 0 Å². The van der Waals surface area contributed by atoms with E-state index >= 15 is 0 Å². The van der Waals surface area contributed by atoms with Crippen LogP contribution in [-0.2, 0) is 0 Å². The molecule has 0 aliphatic carbocycles. The first kappa shape index (κ1) is 13.3. The average Bonchev–Trinajstić information content (AvgIpc) is 2.77. The highest BCUT2D eigenvalue weighted by Gasteiger charge is 2.20. The van der Waals surface area contributed by atoms with Crippen LogP contribution in [0.25, 0.3) is 10.9 Å². The maximum atomic E-state index is 12.4. The van der Waals surface area contributed by atoms with Crippen LogP contribution in [0.15, 0.2) is 28.9 Å². The first-order chi connectivity index (χ1) is 8.67. The SMILES string of the molecule is CCNC(CC)C(=O)c1c[nH]c2cc(Br)ccc12. The fourth-order valence-electron chi connectivity index (χ4n) is 2.16. The standard InChI is InChI=1S/C14H17BrN2O/c1-3-12(16-4-2)14(18)11-8-17-13-7-9(15)5-6-10(11)13/h5-8,12,16-17H,3-4H2,1-2H3. The van der Waals surface area contributed by atoms with E-state index in [4.69, 9.17) is 0 Å². The van der Waals surface area contributed by atoms with Crippen molar-refractivity contribution in [3.05, 3.63) is 34.4 Å². The number of hydrogen-bond acceptors (Lipinski definition) is 2. The van der Waals surface area contributed by atoms with E-state index in [0.29, 0.717) is 0 Å². The van der Waals surface area contributed by atoms with Gasteiger partial charge in [0.2, 0.25) is 0 Å². The van der Waals surface area contributed by atoms with Crippen LogP contribution >= 0.6 is 15.9 Å². The molecule has 0 spiro atoms. The van der Waals surface area contributed by atoms with Crippen molar-refractivity contribution in [1.29, 1.82) is 0 Å².